The monoisotopic (exact) mass is 578 g/mol. The molecule has 0 saturated heterocycles. The van der Waals surface area contributed by atoms with Crippen LogP contribution in [-0.2, 0) is 25.7 Å². The number of rotatable bonds is 8. The number of aromatic hydroxyl groups is 1. The molecule has 0 saturated carbocycles. The molecule has 0 radical (unpaired) electrons. The maximum Gasteiger partial charge on any atom is 0.348 e. The number of thiophene rings is 1. The zero-order chi connectivity index (χ0) is 27.9. The zero-order valence-corrected chi connectivity index (χ0v) is 24.3. The first kappa shape index (κ1) is 28.1. The van der Waals surface area contributed by atoms with Gasteiger partial charge < -0.3 is 19.5 Å². The van der Waals surface area contributed by atoms with Gasteiger partial charge in [0.2, 0.25) is 10.0 Å². The Morgan fingerprint density at radius 3 is 2.61 bits per heavy atom. The van der Waals surface area contributed by atoms with Crippen molar-refractivity contribution in [1.29, 1.82) is 0 Å². The van der Waals surface area contributed by atoms with Crippen molar-refractivity contribution in [3.63, 3.8) is 0 Å². The average molecular weight is 579 g/mol. The number of amidine groups is 1. The van der Waals surface area contributed by atoms with Gasteiger partial charge in [0.25, 0.3) is 5.56 Å². The molecule has 0 spiro atoms. The summed E-state index contributed by atoms with van der Waals surface area (Å²) in [6, 6.07) is 8.11. The molecule has 1 aliphatic heterocycles. The lowest BCUT2D eigenvalue weighted by Crippen LogP contribution is -2.34. The standard InChI is InChI=1S/C25H31N4O6PS2/c1-6-35-36(32)19-14-16(28-38(5,33)34)9-10-18(19)26-23(27-36)21-22(30)17(20-8-7-13-37-20)15-29(24(21)31)12-11-25(2,3)4/h7-10,13-15,28,30H,6,11-12H2,1-5H3,(H,26,27,32). The molecule has 4 rings (SSSR count). The summed E-state index contributed by atoms with van der Waals surface area (Å²) in [7, 11) is -7.53. The van der Waals surface area contributed by atoms with Gasteiger partial charge in [-0.2, -0.15) is 4.76 Å². The van der Waals surface area contributed by atoms with Gasteiger partial charge in [0.05, 0.1) is 29.4 Å². The minimum absolute atomic E-state index is 0.0392. The molecule has 1 unspecified atom stereocenters. The molecule has 2 aromatic heterocycles. The summed E-state index contributed by atoms with van der Waals surface area (Å²) in [6.45, 7) is 8.34. The molecule has 1 aromatic carbocycles. The van der Waals surface area contributed by atoms with Gasteiger partial charge in [-0.05, 0) is 48.4 Å². The molecule has 204 valence electrons. The van der Waals surface area contributed by atoms with Gasteiger partial charge in [0.1, 0.15) is 11.3 Å². The Labute approximate surface area is 226 Å². The third kappa shape index (κ3) is 6.04. The number of aryl methyl sites for hydroxylation is 1. The van der Waals surface area contributed by atoms with Crippen LogP contribution >= 0.6 is 18.9 Å². The molecule has 0 bridgehead atoms. The number of fused-ring (bicyclic) bond motifs is 1. The number of anilines is 2. The topological polar surface area (TPSA) is 139 Å². The van der Waals surface area contributed by atoms with Crippen LogP contribution in [0.4, 0.5) is 11.4 Å². The van der Waals surface area contributed by atoms with E-state index in [2.05, 4.69) is 35.6 Å². The van der Waals surface area contributed by atoms with Crippen LogP contribution in [0.2, 0.25) is 0 Å². The first-order valence-electron chi connectivity index (χ1n) is 12.0. The Kier molecular flexibility index (Phi) is 7.64. The highest BCUT2D eigenvalue weighted by Gasteiger charge is 2.36. The summed E-state index contributed by atoms with van der Waals surface area (Å²) in [6.07, 6.45) is 3.36. The van der Waals surface area contributed by atoms with Gasteiger partial charge in [-0.3, -0.25) is 14.1 Å². The maximum atomic E-state index is 14.0. The molecule has 1 atom stereocenters. The SMILES string of the molecule is CCOP1(=O)N=C(c2c(O)c(-c3cccs3)cn(CCC(C)(C)C)c2=O)Nc2ccc(NS(C)(=O)=O)cc21. The molecule has 10 nitrogen and oxygen atoms in total. The number of pyridine rings is 1. The molecule has 3 aromatic rings. The predicted molar refractivity (Wildman–Crippen MR) is 154 cm³/mol. The highest BCUT2D eigenvalue weighted by molar-refractivity contribution is 7.92. The van der Waals surface area contributed by atoms with Gasteiger partial charge in [0.15, 0.2) is 5.84 Å². The smallest absolute Gasteiger partial charge is 0.348 e. The summed E-state index contributed by atoms with van der Waals surface area (Å²) in [5.74, 6) is -0.360. The molecule has 3 N–H and O–H groups in total. The number of hydrogen-bond acceptors (Lipinski definition) is 8. The van der Waals surface area contributed by atoms with Crippen molar-refractivity contribution in [3.05, 3.63) is 57.8 Å². The molecule has 38 heavy (non-hydrogen) atoms. The van der Waals surface area contributed by atoms with Crippen LogP contribution in [0.15, 0.2) is 51.5 Å². The fraction of sp³-hybridized carbons (Fsp3) is 0.360. The van der Waals surface area contributed by atoms with E-state index >= 15 is 0 Å². The summed E-state index contributed by atoms with van der Waals surface area (Å²) in [5.41, 5.74) is 0.334. The fourth-order valence-corrected chi connectivity index (χ4v) is 7.07. The molecule has 0 aliphatic carbocycles. The average Bonchev–Trinajstić information content (AvgIpc) is 3.32. The van der Waals surface area contributed by atoms with Crippen molar-refractivity contribution in [3.8, 4) is 16.2 Å². The van der Waals surface area contributed by atoms with E-state index in [1.165, 1.54) is 29.5 Å². The first-order chi connectivity index (χ1) is 17.7. The molecule has 0 fully saturated rings. The number of sulfonamides is 1. The molecular formula is C25H31N4O6PS2. The first-order valence-corrected chi connectivity index (χ1v) is 16.3. The van der Waals surface area contributed by atoms with Crippen LogP contribution in [0.5, 0.6) is 5.75 Å². The third-order valence-corrected chi connectivity index (χ3v) is 9.33. The number of benzene rings is 1. The van der Waals surface area contributed by atoms with Crippen molar-refractivity contribution in [1.82, 2.24) is 4.57 Å². The summed E-state index contributed by atoms with van der Waals surface area (Å²) in [4.78, 5) is 14.5. The highest BCUT2D eigenvalue weighted by Crippen LogP contribution is 2.52. The number of nitrogens with one attached hydrogen (secondary N) is 2. The number of nitrogens with zero attached hydrogens (tertiary/aromatic N) is 2. The molecule has 13 heteroatoms. The van der Waals surface area contributed by atoms with E-state index in [9.17, 15) is 22.9 Å². The van der Waals surface area contributed by atoms with Gasteiger partial charge in [-0.1, -0.05) is 26.8 Å². The maximum absolute atomic E-state index is 14.0. The zero-order valence-electron chi connectivity index (χ0n) is 21.8. The lowest BCUT2D eigenvalue weighted by molar-refractivity contribution is 0.341. The Balaban J connectivity index is 1.90. The van der Waals surface area contributed by atoms with Crippen LogP contribution in [0.25, 0.3) is 10.4 Å². The van der Waals surface area contributed by atoms with E-state index in [0.717, 1.165) is 11.1 Å². The summed E-state index contributed by atoms with van der Waals surface area (Å²) >= 11 is 1.42. The predicted octanol–water partition coefficient (Wildman–Crippen LogP) is 4.82. The summed E-state index contributed by atoms with van der Waals surface area (Å²) < 4.78 is 51.3. The Morgan fingerprint density at radius 1 is 1.26 bits per heavy atom. The van der Waals surface area contributed by atoms with E-state index in [-0.39, 0.29) is 40.2 Å². The second-order valence-electron chi connectivity index (χ2n) is 10.2. The number of aromatic nitrogens is 1. The largest absolute Gasteiger partial charge is 0.506 e. The normalized spacial score (nSPS) is 17.4. The highest BCUT2D eigenvalue weighted by atomic mass is 32.2. The Morgan fingerprint density at radius 2 is 2.00 bits per heavy atom. The third-order valence-electron chi connectivity index (χ3n) is 5.77. The van der Waals surface area contributed by atoms with Gasteiger partial charge >= 0.3 is 7.52 Å². The summed E-state index contributed by atoms with van der Waals surface area (Å²) in [5, 5.41) is 16.4. The van der Waals surface area contributed by atoms with Crippen molar-refractivity contribution in [2.45, 2.75) is 40.7 Å². The second-order valence-corrected chi connectivity index (χ2v) is 14.8. The van der Waals surface area contributed by atoms with E-state index in [1.54, 1.807) is 17.7 Å². The lowest BCUT2D eigenvalue weighted by atomic mass is 9.92. The van der Waals surface area contributed by atoms with Crippen molar-refractivity contribution >= 4 is 51.4 Å². The van der Waals surface area contributed by atoms with E-state index < -0.39 is 23.1 Å². The van der Waals surface area contributed by atoms with Crippen LogP contribution in [0, 0.1) is 5.41 Å². The van der Waals surface area contributed by atoms with Crippen LogP contribution in [0.1, 0.15) is 39.7 Å². The van der Waals surface area contributed by atoms with E-state index in [1.807, 2.05) is 17.5 Å². The quantitative estimate of drug-likeness (QED) is 0.326. The minimum atomic E-state index is -3.96. The van der Waals surface area contributed by atoms with Crippen molar-refractivity contribution < 1.29 is 22.6 Å². The van der Waals surface area contributed by atoms with Gasteiger partial charge in [-0.25, -0.2) is 8.42 Å². The van der Waals surface area contributed by atoms with Gasteiger partial charge in [0, 0.05) is 23.3 Å². The van der Waals surface area contributed by atoms with E-state index in [4.69, 9.17) is 4.52 Å². The fourth-order valence-electron chi connectivity index (χ4n) is 3.98. The molecule has 0 amide bonds. The van der Waals surface area contributed by atoms with Crippen molar-refractivity contribution in [2.75, 3.05) is 22.9 Å². The van der Waals surface area contributed by atoms with Crippen molar-refractivity contribution in [2.24, 2.45) is 10.2 Å². The van der Waals surface area contributed by atoms with Crippen LogP contribution in [0.3, 0.4) is 0 Å². The number of hydrogen-bond donors (Lipinski definition) is 3. The van der Waals surface area contributed by atoms with Crippen LogP contribution in [-0.4, -0.2) is 36.8 Å². The molecule has 1 aliphatic rings. The molecule has 3 heterocycles. The Bertz CT molecular complexity index is 1610. The Hall–Kier alpha value is -2.92. The lowest BCUT2D eigenvalue weighted by Gasteiger charge is -2.26. The van der Waals surface area contributed by atoms with Crippen LogP contribution < -0.4 is 20.9 Å². The second kappa shape index (κ2) is 10.3. The molecular weight excluding hydrogens is 547 g/mol. The minimum Gasteiger partial charge on any atom is -0.506 e. The van der Waals surface area contributed by atoms with Gasteiger partial charge in [-0.15, -0.1) is 11.3 Å². The van der Waals surface area contributed by atoms with E-state index in [0.29, 0.717) is 24.2 Å².